The van der Waals surface area contributed by atoms with E-state index < -0.39 is 17.2 Å². The molecule has 0 fully saturated rings. The maximum Gasteiger partial charge on any atom is 0.243 e. The van der Waals surface area contributed by atoms with Gasteiger partial charge in [0, 0.05) is 18.5 Å². The maximum absolute atomic E-state index is 12.3. The summed E-state index contributed by atoms with van der Waals surface area (Å²) >= 11 is 1.12. The summed E-state index contributed by atoms with van der Waals surface area (Å²) in [4.78, 5) is 26.1. The van der Waals surface area contributed by atoms with E-state index in [0.717, 1.165) is 17.3 Å². The van der Waals surface area contributed by atoms with Crippen molar-refractivity contribution in [1.29, 1.82) is 10.5 Å². The van der Waals surface area contributed by atoms with Gasteiger partial charge in [-0.15, -0.1) is 0 Å². The molecular weight excluding hydrogens is 324 g/mol. The van der Waals surface area contributed by atoms with Gasteiger partial charge in [0.1, 0.15) is 5.92 Å². The molecule has 1 aliphatic rings. The number of thioether (sulfide) groups is 1. The summed E-state index contributed by atoms with van der Waals surface area (Å²) in [6, 6.07) is 4.03. The first-order chi connectivity index (χ1) is 11.2. The number of nitrogens with one attached hydrogen (secondary N) is 1. The highest BCUT2D eigenvalue weighted by molar-refractivity contribution is 8.03. The van der Waals surface area contributed by atoms with Gasteiger partial charge in [0.25, 0.3) is 0 Å². The zero-order valence-corrected chi connectivity index (χ0v) is 15.3. The number of amides is 2. The van der Waals surface area contributed by atoms with Crippen LogP contribution in [0.25, 0.3) is 0 Å². The van der Waals surface area contributed by atoms with Crippen molar-refractivity contribution in [1.82, 2.24) is 10.2 Å². The van der Waals surface area contributed by atoms with Crippen LogP contribution in [0.5, 0.6) is 0 Å². The third-order valence-corrected chi connectivity index (χ3v) is 4.85. The standard InChI is InChI=1S/C17H22N4O2S/c1-6-21(9-11(2)3)14(22)10-24-16-13(8-19)17(4,5)12(7-18)15(23)20-16/h12H,2,6,9-10H2,1,3-5H3,(H,20,23). The number of nitrogens with zero attached hydrogens (tertiary/aromatic N) is 3. The largest absolute Gasteiger partial charge is 0.338 e. The molecule has 1 N–H and O–H groups in total. The smallest absolute Gasteiger partial charge is 0.243 e. The van der Waals surface area contributed by atoms with Crippen molar-refractivity contribution >= 4 is 23.6 Å². The second-order valence-electron chi connectivity index (χ2n) is 6.24. The summed E-state index contributed by atoms with van der Waals surface area (Å²) in [5, 5.41) is 21.6. The quantitative estimate of drug-likeness (QED) is 0.743. The molecule has 0 aromatic heterocycles. The predicted octanol–water partition coefficient (Wildman–Crippen LogP) is 2.18. The minimum Gasteiger partial charge on any atom is -0.338 e. The van der Waals surface area contributed by atoms with Crippen LogP contribution in [0.15, 0.2) is 22.8 Å². The number of rotatable bonds is 6. The molecule has 1 heterocycles. The molecule has 24 heavy (non-hydrogen) atoms. The van der Waals surface area contributed by atoms with Gasteiger partial charge in [-0.3, -0.25) is 9.59 Å². The van der Waals surface area contributed by atoms with Crippen LogP contribution in [-0.2, 0) is 9.59 Å². The Morgan fingerprint density at radius 1 is 1.46 bits per heavy atom. The minimum atomic E-state index is -0.928. The van der Waals surface area contributed by atoms with E-state index in [4.69, 9.17) is 0 Å². The van der Waals surface area contributed by atoms with E-state index >= 15 is 0 Å². The van der Waals surface area contributed by atoms with Crippen LogP contribution in [0.3, 0.4) is 0 Å². The molecule has 1 atom stereocenters. The Balaban J connectivity index is 2.97. The molecule has 1 unspecified atom stereocenters. The Labute approximate surface area is 147 Å². The fourth-order valence-corrected chi connectivity index (χ4v) is 3.54. The molecule has 0 saturated carbocycles. The van der Waals surface area contributed by atoms with Gasteiger partial charge in [0.15, 0.2) is 0 Å². The summed E-state index contributed by atoms with van der Waals surface area (Å²) in [6.07, 6.45) is 0. The van der Waals surface area contributed by atoms with Crippen molar-refractivity contribution in [2.24, 2.45) is 11.3 Å². The van der Waals surface area contributed by atoms with Crippen LogP contribution in [0.1, 0.15) is 27.7 Å². The fraction of sp³-hybridized carbons (Fsp3) is 0.529. The molecule has 0 aromatic rings. The Morgan fingerprint density at radius 2 is 2.08 bits per heavy atom. The SMILES string of the molecule is C=C(C)CN(CC)C(=O)CSC1=C(C#N)C(C)(C)C(C#N)C(=O)N1. The summed E-state index contributed by atoms with van der Waals surface area (Å²) in [6.45, 7) is 12.0. The molecule has 0 spiro atoms. The Hall–Kier alpha value is -2.25. The normalized spacial score (nSPS) is 19.1. The molecule has 128 valence electrons. The van der Waals surface area contributed by atoms with E-state index in [-0.39, 0.29) is 11.7 Å². The molecule has 0 bridgehead atoms. The van der Waals surface area contributed by atoms with Crippen molar-refractivity contribution in [2.45, 2.75) is 27.7 Å². The molecule has 2 amide bonds. The van der Waals surface area contributed by atoms with Gasteiger partial charge in [-0.2, -0.15) is 10.5 Å². The predicted molar refractivity (Wildman–Crippen MR) is 93.2 cm³/mol. The maximum atomic E-state index is 12.3. The van der Waals surface area contributed by atoms with E-state index in [1.54, 1.807) is 18.7 Å². The molecule has 6 nitrogen and oxygen atoms in total. The number of likely N-dealkylation sites (N-methyl/N-ethyl adjacent to an activating group) is 1. The Kier molecular flexibility index (Phi) is 6.62. The van der Waals surface area contributed by atoms with Crippen LogP contribution >= 0.6 is 11.8 Å². The van der Waals surface area contributed by atoms with Gasteiger partial charge in [-0.1, -0.05) is 37.8 Å². The number of allylic oxidation sites excluding steroid dienone is 1. The average molecular weight is 346 g/mol. The highest BCUT2D eigenvalue weighted by atomic mass is 32.2. The van der Waals surface area contributed by atoms with Crippen LogP contribution in [0, 0.1) is 34.0 Å². The molecule has 0 aromatic carbocycles. The summed E-state index contributed by atoms with van der Waals surface area (Å²) in [7, 11) is 0. The lowest BCUT2D eigenvalue weighted by atomic mass is 9.72. The zero-order valence-electron chi connectivity index (χ0n) is 14.5. The molecule has 0 aliphatic carbocycles. The van der Waals surface area contributed by atoms with Crippen molar-refractivity contribution in [3.05, 3.63) is 22.8 Å². The third kappa shape index (κ3) is 4.18. The fourth-order valence-electron chi connectivity index (χ4n) is 2.46. The number of hydrogen-bond acceptors (Lipinski definition) is 5. The number of carbonyl (C=O) groups excluding carboxylic acids is 2. The van der Waals surface area contributed by atoms with Gasteiger partial charge in [0.05, 0.1) is 28.5 Å². The highest BCUT2D eigenvalue weighted by Gasteiger charge is 2.44. The van der Waals surface area contributed by atoms with E-state index in [1.165, 1.54) is 0 Å². The highest BCUT2D eigenvalue weighted by Crippen LogP contribution is 2.41. The van der Waals surface area contributed by atoms with Crippen molar-refractivity contribution < 1.29 is 9.59 Å². The Morgan fingerprint density at radius 3 is 2.54 bits per heavy atom. The van der Waals surface area contributed by atoms with Crippen LogP contribution in [0.4, 0.5) is 0 Å². The zero-order chi connectivity index (χ0) is 18.5. The Bertz CT molecular complexity index is 667. The molecule has 0 saturated heterocycles. The molecule has 1 rings (SSSR count). The summed E-state index contributed by atoms with van der Waals surface area (Å²) in [5.41, 5.74) is 0.324. The lowest BCUT2D eigenvalue weighted by molar-refractivity contribution is -0.128. The van der Waals surface area contributed by atoms with Gasteiger partial charge in [-0.05, 0) is 13.8 Å². The van der Waals surface area contributed by atoms with Crippen LogP contribution in [0.2, 0.25) is 0 Å². The monoisotopic (exact) mass is 346 g/mol. The molecule has 0 radical (unpaired) electrons. The lowest BCUT2D eigenvalue weighted by Crippen LogP contribution is -2.44. The van der Waals surface area contributed by atoms with E-state index in [2.05, 4.69) is 18.0 Å². The summed E-state index contributed by atoms with van der Waals surface area (Å²) < 4.78 is 0. The molecule has 1 aliphatic heterocycles. The summed E-state index contributed by atoms with van der Waals surface area (Å²) in [5.74, 6) is -1.35. The topological polar surface area (TPSA) is 97.0 Å². The first-order valence-corrected chi connectivity index (χ1v) is 8.57. The number of nitriles is 2. The van der Waals surface area contributed by atoms with Gasteiger partial charge in [-0.25, -0.2) is 0 Å². The van der Waals surface area contributed by atoms with Gasteiger partial charge < -0.3 is 10.2 Å². The second-order valence-corrected chi connectivity index (χ2v) is 7.23. The van der Waals surface area contributed by atoms with E-state index in [0.29, 0.717) is 23.7 Å². The second kappa shape index (κ2) is 8.03. The lowest BCUT2D eigenvalue weighted by Gasteiger charge is -2.34. The first-order valence-electron chi connectivity index (χ1n) is 7.59. The van der Waals surface area contributed by atoms with E-state index in [1.807, 2.05) is 19.9 Å². The third-order valence-electron chi connectivity index (χ3n) is 3.87. The minimum absolute atomic E-state index is 0.0928. The van der Waals surface area contributed by atoms with Crippen molar-refractivity contribution in [3.8, 4) is 12.1 Å². The van der Waals surface area contributed by atoms with Crippen LogP contribution < -0.4 is 5.32 Å². The first kappa shape index (κ1) is 19.8. The van der Waals surface area contributed by atoms with Crippen LogP contribution in [-0.4, -0.2) is 35.6 Å². The molecular formula is C17H22N4O2S. The van der Waals surface area contributed by atoms with Gasteiger partial charge >= 0.3 is 0 Å². The average Bonchev–Trinajstić information content (AvgIpc) is 2.49. The number of carbonyl (C=O) groups is 2. The van der Waals surface area contributed by atoms with Crippen molar-refractivity contribution in [3.63, 3.8) is 0 Å². The van der Waals surface area contributed by atoms with Crippen molar-refractivity contribution in [2.75, 3.05) is 18.8 Å². The van der Waals surface area contributed by atoms with E-state index in [9.17, 15) is 20.1 Å². The van der Waals surface area contributed by atoms with Gasteiger partial charge in [0.2, 0.25) is 11.8 Å². The number of hydrogen-bond donors (Lipinski definition) is 1. The molecule has 7 heteroatoms.